The summed E-state index contributed by atoms with van der Waals surface area (Å²) in [5, 5.41) is 5.54. The van der Waals surface area contributed by atoms with Crippen LogP contribution >= 0.6 is 0 Å². The third kappa shape index (κ3) is 1.91. The topological polar surface area (TPSA) is 26.0 Å². The molecule has 0 saturated carbocycles. The molecule has 0 spiro atoms. The Balaban J connectivity index is 2.00. The van der Waals surface area contributed by atoms with Gasteiger partial charge in [-0.15, -0.1) is 0 Å². The molecular formula is C24H19NSi. The molecule has 0 unspecified atom stereocenters. The van der Waals surface area contributed by atoms with Gasteiger partial charge < -0.3 is 5.73 Å². The molecule has 124 valence electrons. The van der Waals surface area contributed by atoms with Gasteiger partial charge in [-0.25, -0.2) is 0 Å². The lowest BCUT2D eigenvalue weighted by molar-refractivity contribution is 1.69. The molecule has 1 aliphatic heterocycles. The second-order valence-electron chi connectivity index (χ2n) is 6.79. The van der Waals surface area contributed by atoms with Crippen molar-refractivity contribution >= 4 is 34.5 Å². The van der Waals surface area contributed by atoms with Gasteiger partial charge in [0.1, 0.15) is 0 Å². The summed E-state index contributed by atoms with van der Waals surface area (Å²) in [4.78, 5) is 0. The van der Waals surface area contributed by atoms with Crippen LogP contribution in [0.5, 0.6) is 0 Å². The van der Waals surface area contributed by atoms with E-state index in [4.69, 9.17) is 5.73 Å². The molecule has 4 aromatic carbocycles. The third-order valence-electron chi connectivity index (χ3n) is 5.52. The van der Waals surface area contributed by atoms with Crippen LogP contribution in [0.25, 0.3) is 11.1 Å². The Hall–Kier alpha value is -3.10. The van der Waals surface area contributed by atoms with Crippen molar-refractivity contribution in [3.8, 4) is 11.1 Å². The van der Waals surface area contributed by atoms with Gasteiger partial charge in [0.15, 0.2) is 8.07 Å². The van der Waals surface area contributed by atoms with E-state index < -0.39 is 8.07 Å². The van der Waals surface area contributed by atoms with Crippen LogP contribution in [0.1, 0.15) is 0 Å². The van der Waals surface area contributed by atoms with Gasteiger partial charge in [-0.3, -0.25) is 0 Å². The lowest BCUT2D eigenvalue weighted by Crippen LogP contribution is -2.73. The maximum Gasteiger partial charge on any atom is 0.183 e. The van der Waals surface area contributed by atoms with Gasteiger partial charge in [0.05, 0.1) is 0 Å². The smallest absolute Gasteiger partial charge is 0.183 e. The highest BCUT2D eigenvalue weighted by Gasteiger charge is 2.49. The monoisotopic (exact) mass is 349 g/mol. The molecule has 0 radical (unpaired) electrons. The molecular weight excluding hydrogens is 330 g/mol. The standard InChI is InChI=1S/C24H19NSi/c25-21-14-6-9-17-24(21)26(18-10-2-1-3-11-18)22-15-7-4-12-19(22)20-13-5-8-16-23(20)26/h1-17H,25H2. The highest BCUT2D eigenvalue weighted by Crippen LogP contribution is 2.28. The maximum atomic E-state index is 6.57. The van der Waals surface area contributed by atoms with Crippen molar-refractivity contribution in [2.75, 3.05) is 5.73 Å². The van der Waals surface area contributed by atoms with Crippen molar-refractivity contribution in [2.45, 2.75) is 0 Å². The summed E-state index contributed by atoms with van der Waals surface area (Å²) in [7, 11) is -2.40. The summed E-state index contributed by atoms with van der Waals surface area (Å²) in [6.07, 6.45) is 0. The van der Waals surface area contributed by atoms with Crippen molar-refractivity contribution in [1.82, 2.24) is 0 Å². The summed E-state index contributed by atoms with van der Waals surface area (Å²) < 4.78 is 0. The average Bonchev–Trinajstić information content (AvgIpc) is 3.01. The summed E-state index contributed by atoms with van der Waals surface area (Å²) in [6, 6.07) is 37.1. The van der Waals surface area contributed by atoms with E-state index in [0.29, 0.717) is 0 Å². The van der Waals surface area contributed by atoms with E-state index in [-0.39, 0.29) is 0 Å². The van der Waals surface area contributed by atoms with Gasteiger partial charge in [0.25, 0.3) is 0 Å². The van der Waals surface area contributed by atoms with Crippen molar-refractivity contribution in [3.63, 3.8) is 0 Å². The summed E-state index contributed by atoms with van der Waals surface area (Å²) in [5.41, 5.74) is 10.2. The number of para-hydroxylation sites is 1. The first-order valence-corrected chi connectivity index (χ1v) is 10.9. The predicted octanol–water partition coefficient (Wildman–Crippen LogP) is 2.63. The zero-order chi connectivity index (χ0) is 17.6. The van der Waals surface area contributed by atoms with Crippen LogP contribution in [-0.4, -0.2) is 8.07 Å². The number of nitrogen functional groups attached to an aromatic ring is 1. The van der Waals surface area contributed by atoms with Gasteiger partial charge in [0.2, 0.25) is 0 Å². The van der Waals surface area contributed by atoms with Crippen LogP contribution in [0.15, 0.2) is 103 Å². The van der Waals surface area contributed by atoms with Gasteiger partial charge in [0, 0.05) is 5.69 Å². The molecule has 0 saturated heterocycles. The normalized spacial score (nSPS) is 13.8. The Morgan fingerprint density at radius 2 is 0.923 bits per heavy atom. The van der Waals surface area contributed by atoms with Crippen LogP contribution in [0.4, 0.5) is 5.69 Å². The highest BCUT2D eigenvalue weighted by atomic mass is 28.3. The average molecular weight is 350 g/mol. The quantitative estimate of drug-likeness (QED) is 0.385. The molecule has 0 bridgehead atoms. The first-order chi connectivity index (χ1) is 12.8. The lowest BCUT2D eigenvalue weighted by atomic mass is 10.1. The molecule has 0 aromatic heterocycles. The molecule has 2 heteroatoms. The van der Waals surface area contributed by atoms with E-state index in [1.54, 1.807) is 0 Å². The molecule has 0 fully saturated rings. The Labute approximate surface area is 154 Å². The second-order valence-corrected chi connectivity index (χ2v) is 10.5. The fraction of sp³-hybridized carbons (Fsp3) is 0. The van der Waals surface area contributed by atoms with E-state index in [2.05, 4.69) is 91.0 Å². The highest BCUT2D eigenvalue weighted by molar-refractivity contribution is 7.22. The summed E-state index contributed by atoms with van der Waals surface area (Å²) in [6.45, 7) is 0. The molecule has 0 aliphatic carbocycles. The molecule has 4 aromatic rings. The van der Waals surface area contributed by atoms with E-state index in [1.807, 2.05) is 12.1 Å². The summed E-state index contributed by atoms with van der Waals surface area (Å²) >= 11 is 0. The fourth-order valence-electron chi connectivity index (χ4n) is 4.52. The summed E-state index contributed by atoms with van der Waals surface area (Å²) in [5.74, 6) is 0. The fourth-order valence-corrected chi connectivity index (χ4v) is 9.81. The van der Waals surface area contributed by atoms with E-state index in [1.165, 1.54) is 31.9 Å². The Morgan fingerprint density at radius 3 is 1.50 bits per heavy atom. The van der Waals surface area contributed by atoms with E-state index in [9.17, 15) is 0 Å². The minimum absolute atomic E-state index is 0.884. The minimum Gasteiger partial charge on any atom is -0.399 e. The van der Waals surface area contributed by atoms with Gasteiger partial charge in [-0.05, 0) is 37.9 Å². The number of fused-ring (bicyclic) bond motifs is 3. The number of rotatable bonds is 2. The zero-order valence-electron chi connectivity index (χ0n) is 14.4. The molecule has 26 heavy (non-hydrogen) atoms. The van der Waals surface area contributed by atoms with Gasteiger partial charge in [-0.2, -0.15) is 0 Å². The first-order valence-electron chi connectivity index (χ1n) is 8.93. The predicted molar refractivity (Wildman–Crippen MR) is 113 cm³/mol. The number of anilines is 1. The molecule has 1 nitrogen and oxygen atoms in total. The Bertz CT molecular complexity index is 1060. The van der Waals surface area contributed by atoms with E-state index in [0.717, 1.165) is 5.69 Å². The third-order valence-corrected chi connectivity index (χ3v) is 10.5. The van der Waals surface area contributed by atoms with Crippen LogP contribution < -0.4 is 26.5 Å². The van der Waals surface area contributed by atoms with Crippen molar-refractivity contribution < 1.29 is 0 Å². The van der Waals surface area contributed by atoms with Crippen molar-refractivity contribution in [3.05, 3.63) is 103 Å². The maximum absolute atomic E-state index is 6.57. The Morgan fingerprint density at radius 1 is 0.462 bits per heavy atom. The van der Waals surface area contributed by atoms with Gasteiger partial charge in [-0.1, -0.05) is 97.1 Å². The molecule has 5 rings (SSSR count). The molecule has 0 amide bonds. The molecule has 1 heterocycles. The van der Waals surface area contributed by atoms with Crippen LogP contribution in [-0.2, 0) is 0 Å². The van der Waals surface area contributed by atoms with Gasteiger partial charge >= 0.3 is 0 Å². The number of nitrogens with two attached hydrogens (primary N) is 1. The van der Waals surface area contributed by atoms with Crippen LogP contribution in [0.3, 0.4) is 0 Å². The van der Waals surface area contributed by atoms with E-state index >= 15 is 0 Å². The van der Waals surface area contributed by atoms with Crippen LogP contribution in [0.2, 0.25) is 0 Å². The second kappa shape index (κ2) is 5.72. The molecule has 0 atom stereocenters. The molecule has 1 aliphatic rings. The van der Waals surface area contributed by atoms with Crippen molar-refractivity contribution in [1.29, 1.82) is 0 Å². The lowest BCUT2D eigenvalue weighted by Gasteiger charge is -2.32. The number of hydrogen-bond donors (Lipinski definition) is 1. The number of benzene rings is 4. The minimum atomic E-state index is -2.40. The SMILES string of the molecule is Nc1ccccc1[Si]1(c2ccccc2)c2ccccc2-c2ccccc21. The number of hydrogen-bond acceptors (Lipinski definition) is 1. The molecule has 2 N–H and O–H groups in total. The Kier molecular flexibility index (Phi) is 3.34. The van der Waals surface area contributed by atoms with Crippen LogP contribution in [0, 0.1) is 0 Å². The zero-order valence-corrected chi connectivity index (χ0v) is 15.4. The first kappa shape index (κ1) is 15.2. The van der Waals surface area contributed by atoms with Crippen molar-refractivity contribution in [2.24, 2.45) is 0 Å². The largest absolute Gasteiger partial charge is 0.399 e.